The molecule has 1 unspecified atom stereocenters. The maximum absolute atomic E-state index is 12.8. The van der Waals surface area contributed by atoms with Gasteiger partial charge in [-0.1, -0.05) is 48.5 Å². The van der Waals surface area contributed by atoms with Crippen LogP contribution >= 0.6 is 23.1 Å². The van der Waals surface area contributed by atoms with Crippen molar-refractivity contribution in [3.8, 4) is 0 Å². The molecule has 3 aromatic heterocycles. The van der Waals surface area contributed by atoms with Gasteiger partial charge in [-0.25, -0.2) is 4.98 Å². The summed E-state index contributed by atoms with van der Waals surface area (Å²) in [4.78, 5) is 30.1. The highest BCUT2D eigenvalue weighted by atomic mass is 32.2. The molecule has 1 amide bonds. The topological polar surface area (TPSA) is 76.6 Å². The maximum atomic E-state index is 12.8. The Morgan fingerprint density at radius 2 is 1.94 bits per heavy atom. The Morgan fingerprint density at radius 3 is 2.78 bits per heavy atom. The molecule has 1 atom stereocenters. The van der Waals surface area contributed by atoms with Crippen LogP contribution in [0, 0.1) is 0 Å². The highest BCUT2D eigenvalue weighted by molar-refractivity contribution is 7.99. The van der Waals surface area contributed by atoms with Gasteiger partial charge >= 0.3 is 0 Å². The first kappa shape index (κ1) is 20.5. The van der Waals surface area contributed by atoms with E-state index >= 15 is 0 Å². The molecule has 5 rings (SSSR count). The molecule has 0 saturated heterocycles. The summed E-state index contributed by atoms with van der Waals surface area (Å²) in [7, 11) is 0. The van der Waals surface area contributed by atoms with Gasteiger partial charge in [0.15, 0.2) is 4.96 Å². The Bertz CT molecular complexity index is 1410. The molecular weight excluding hydrogens is 442 g/mol. The highest BCUT2D eigenvalue weighted by Crippen LogP contribution is 2.28. The van der Waals surface area contributed by atoms with Crippen LogP contribution in [0.3, 0.4) is 0 Å². The molecule has 0 spiro atoms. The minimum atomic E-state index is -0.387. The lowest BCUT2D eigenvalue weighted by molar-refractivity contribution is -0.119. The van der Waals surface area contributed by atoms with Crippen molar-refractivity contribution in [1.82, 2.24) is 14.7 Å². The SMILES string of the molecule is O=C(CSCc1cc(=O)n2ccsc2n1)NC(c1ccccc1)c1cc2ccccc2o1. The van der Waals surface area contributed by atoms with E-state index in [4.69, 9.17) is 4.42 Å². The van der Waals surface area contributed by atoms with E-state index in [-0.39, 0.29) is 23.3 Å². The largest absolute Gasteiger partial charge is 0.459 e. The van der Waals surface area contributed by atoms with Crippen molar-refractivity contribution in [2.24, 2.45) is 0 Å². The van der Waals surface area contributed by atoms with Crippen LogP contribution in [-0.4, -0.2) is 21.0 Å². The van der Waals surface area contributed by atoms with E-state index in [1.54, 1.807) is 6.20 Å². The summed E-state index contributed by atoms with van der Waals surface area (Å²) >= 11 is 2.84. The zero-order valence-corrected chi connectivity index (χ0v) is 18.6. The zero-order chi connectivity index (χ0) is 21.9. The standard InChI is InChI=1S/C24H19N3O3S2/c28-21(15-31-14-18-13-22(29)27-10-11-32-24(27)25-18)26-23(16-6-2-1-3-7-16)20-12-17-8-4-5-9-19(17)30-20/h1-13,23H,14-15H2,(H,26,28). The van der Waals surface area contributed by atoms with Crippen LogP contribution in [0.15, 0.2) is 87.5 Å². The molecule has 160 valence electrons. The lowest BCUT2D eigenvalue weighted by atomic mass is 10.0. The molecule has 0 aliphatic rings. The average Bonchev–Trinajstić information content (AvgIpc) is 3.45. The minimum absolute atomic E-state index is 0.106. The fourth-order valence-corrected chi connectivity index (χ4v) is 4.99. The number of aromatic nitrogens is 2. The number of thioether (sulfide) groups is 1. The lowest BCUT2D eigenvalue weighted by Gasteiger charge is -2.17. The van der Waals surface area contributed by atoms with Crippen LogP contribution in [0.1, 0.15) is 23.1 Å². The van der Waals surface area contributed by atoms with Crippen molar-refractivity contribution in [3.05, 3.63) is 106 Å². The summed E-state index contributed by atoms with van der Waals surface area (Å²) in [6, 6.07) is 20.7. The molecule has 0 saturated carbocycles. The Balaban J connectivity index is 1.29. The zero-order valence-electron chi connectivity index (χ0n) is 16.9. The highest BCUT2D eigenvalue weighted by Gasteiger charge is 2.21. The van der Waals surface area contributed by atoms with E-state index in [2.05, 4.69) is 10.3 Å². The molecule has 5 aromatic rings. The summed E-state index contributed by atoms with van der Waals surface area (Å²) in [6.45, 7) is 0. The van der Waals surface area contributed by atoms with Crippen molar-refractivity contribution in [1.29, 1.82) is 0 Å². The first-order chi connectivity index (χ1) is 15.7. The van der Waals surface area contributed by atoms with Gasteiger partial charge in [0.05, 0.1) is 11.4 Å². The molecule has 6 nitrogen and oxygen atoms in total. The molecule has 0 aliphatic carbocycles. The van der Waals surface area contributed by atoms with Crippen LogP contribution < -0.4 is 10.9 Å². The van der Waals surface area contributed by atoms with Gasteiger partial charge in [-0.05, 0) is 17.7 Å². The molecule has 8 heteroatoms. The third-order valence-electron chi connectivity index (χ3n) is 5.01. The normalized spacial score (nSPS) is 12.2. The second kappa shape index (κ2) is 9.02. The number of carbonyl (C=O) groups excluding carboxylic acids is 1. The van der Waals surface area contributed by atoms with Gasteiger partial charge in [-0.15, -0.1) is 23.1 Å². The number of para-hydroxylation sites is 1. The number of hydrogen-bond acceptors (Lipinski definition) is 6. The van der Waals surface area contributed by atoms with E-state index in [0.29, 0.717) is 22.2 Å². The predicted molar refractivity (Wildman–Crippen MR) is 128 cm³/mol. The second-order valence-electron chi connectivity index (χ2n) is 7.23. The Hall–Kier alpha value is -3.36. The monoisotopic (exact) mass is 461 g/mol. The Kier molecular flexibility index (Phi) is 5.79. The smallest absolute Gasteiger partial charge is 0.258 e. The quantitative estimate of drug-likeness (QED) is 0.382. The first-order valence-electron chi connectivity index (χ1n) is 10.0. The number of amides is 1. The number of nitrogens with one attached hydrogen (secondary N) is 1. The van der Waals surface area contributed by atoms with Crippen molar-refractivity contribution in [3.63, 3.8) is 0 Å². The van der Waals surface area contributed by atoms with Crippen LogP contribution in [0.5, 0.6) is 0 Å². The van der Waals surface area contributed by atoms with E-state index in [1.807, 2.05) is 66.0 Å². The van der Waals surface area contributed by atoms with Crippen LogP contribution in [-0.2, 0) is 10.5 Å². The molecule has 0 aliphatic heterocycles. The van der Waals surface area contributed by atoms with Crippen molar-refractivity contribution >= 4 is 44.9 Å². The van der Waals surface area contributed by atoms with E-state index in [1.165, 1.54) is 33.6 Å². The predicted octanol–water partition coefficient (Wildman–Crippen LogP) is 4.64. The maximum Gasteiger partial charge on any atom is 0.258 e. The van der Waals surface area contributed by atoms with Gasteiger partial charge < -0.3 is 9.73 Å². The molecule has 0 bridgehead atoms. The minimum Gasteiger partial charge on any atom is -0.459 e. The van der Waals surface area contributed by atoms with Gasteiger partial charge in [0.2, 0.25) is 5.91 Å². The number of carbonyl (C=O) groups is 1. The number of hydrogen-bond donors (Lipinski definition) is 1. The van der Waals surface area contributed by atoms with Crippen LogP contribution in [0.25, 0.3) is 15.9 Å². The van der Waals surface area contributed by atoms with Gasteiger partial charge in [0, 0.05) is 28.8 Å². The lowest BCUT2D eigenvalue weighted by Crippen LogP contribution is -2.30. The number of furan rings is 1. The average molecular weight is 462 g/mol. The summed E-state index contributed by atoms with van der Waals surface area (Å²) in [5.74, 6) is 1.30. The van der Waals surface area contributed by atoms with E-state index in [0.717, 1.165) is 16.5 Å². The van der Waals surface area contributed by atoms with Gasteiger partial charge in [0.25, 0.3) is 5.56 Å². The summed E-state index contributed by atoms with van der Waals surface area (Å²) < 4.78 is 7.56. The van der Waals surface area contributed by atoms with Gasteiger partial charge in [-0.2, -0.15) is 0 Å². The van der Waals surface area contributed by atoms with Gasteiger partial charge in [-0.3, -0.25) is 14.0 Å². The molecule has 2 aromatic carbocycles. The van der Waals surface area contributed by atoms with Crippen molar-refractivity contribution < 1.29 is 9.21 Å². The fourth-order valence-electron chi connectivity index (χ4n) is 3.52. The number of nitrogens with zero attached hydrogens (tertiary/aromatic N) is 2. The molecular formula is C24H19N3O3S2. The van der Waals surface area contributed by atoms with Crippen LogP contribution in [0.4, 0.5) is 0 Å². The summed E-state index contributed by atoms with van der Waals surface area (Å²) in [6.07, 6.45) is 1.71. The number of thiazole rings is 1. The molecule has 1 N–H and O–H groups in total. The summed E-state index contributed by atoms with van der Waals surface area (Å²) in [5, 5.41) is 5.92. The molecule has 3 heterocycles. The van der Waals surface area contributed by atoms with Crippen molar-refractivity contribution in [2.75, 3.05) is 5.75 Å². The molecule has 0 radical (unpaired) electrons. The van der Waals surface area contributed by atoms with E-state index in [9.17, 15) is 9.59 Å². The third kappa shape index (κ3) is 4.32. The number of fused-ring (bicyclic) bond motifs is 2. The third-order valence-corrected chi connectivity index (χ3v) is 6.73. The molecule has 32 heavy (non-hydrogen) atoms. The Morgan fingerprint density at radius 1 is 1.12 bits per heavy atom. The molecule has 0 fully saturated rings. The summed E-state index contributed by atoms with van der Waals surface area (Å²) in [5.41, 5.74) is 2.30. The fraction of sp³-hybridized carbons (Fsp3) is 0.125. The Labute approximate surface area is 191 Å². The van der Waals surface area contributed by atoms with Crippen LogP contribution in [0.2, 0.25) is 0 Å². The number of rotatable bonds is 7. The first-order valence-corrected chi connectivity index (χ1v) is 12.1. The van der Waals surface area contributed by atoms with Gasteiger partial charge in [0.1, 0.15) is 17.4 Å². The second-order valence-corrected chi connectivity index (χ2v) is 9.09. The van der Waals surface area contributed by atoms with Crippen molar-refractivity contribution in [2.45, 2.75) is 11.8 Å². The van der Waals surface area contributed by atoms with E-state index < -0.39 is 0 Å². The number of benzene rings is 2.